The summed E-state index contributed by atoms with van der Waals surface area (Å²) < 4.78 is 18.0. The Morgan fingerprint density at radius 3 is 2.94 bits per heavy atom. The van der Waals surface area contributed by atoms with Crippen molar-refractivity contribution >= 4 is 11.8 Å². The summed E-state index contributed by atoms with van der Waals surface area (Å²) >= 11 is 1.58. The van der Waals surface area contributed by atoms with E-state index in [4.69, 9.17) is 10.3 Å². The maximum atomic E-state index is 13.0. The Labute approximate surface area is 110 Å². The lowest BCUT2D eigenvalue weighted by atomic mass is 10.1. The average molecular weight is 266 g/mol. The Kier molecular flexibility index (Phi) is 4.81. The minimum Gasteiger partial charge on any atom is -0.472 e. The van der Waals surface area contributed by atoms with Crippen LogP contribution in [0.2, 0.25) is 0 Å². The molecule has 0 fully saturated rings. The number of hydrazine groups is 1. The van der Waals surface area contributed by atoms with E-state index in [9.17, 15) is 4.39 Å². The van der Waals surface area contributed by atoms with Crippen LogP contribution >= 0.6 is 11.8 Å². The Morgan fingerprint density at radius 1 is 1.39 bits per heavy atom. The summed E-state index contributed by atoms with van der Waals surface area (Å²) in [5.74, 6) is 6.07. The van der Waals surface area contributed by atoms with Crippen molar-refractivity contribution in [2.75, 3.05) is 5.75 Å². The van der Waals surface area contributed by atoms with E-state index in [0.29, 0.717) is 0 Å². The molecular weight excluding hydrogens is 251 g/mol. The lowest BCUT2D eigenvalue weighted by Gasteiger charge is -2.14. The molecule has 96 valence electrons. The first kappa shape index (κ1) is 13.1. The van der Waals surface area contributed by atoms with Gasteiger partial charge < -0.3 is 4.42 Å². The maximum absolute atomic E-state index is 13.0. The van der Waals surface area contributed by atoms with Gasteiger partial charge in [0.05, 0.1) is 12.5 Å². The van der Waals surface area contributed by atoms with Crippen LogP contribution in [0.3, 0.4) is 0 Å². The molecule has 0 aliphatic rings. The van der Waals surface area contributed by atoms with E-state index in [-0.39, 0.29) is 11.9 Å². The van der Waals surface area contributed by atoms with Gasteiger partial charge in [0.15, 0.2) is 0 Å². The van der Waals surface area contributed by atoms with Crippen LogP contribution in [0.5, 0.6) is 0 Å². The van der Waals surface area contributed by atoms with Crippen molar-refractivity contribution in [3.63, 3.8) is 0 Å². The molecule has 0 amide bonds. The van der Waals surface area contributed by atoms with Gasteiger partial charge in [-0.25, -0.2) is 4.39 Å². The van der Waals surface area contributed by atoms with E-state index in [1.165, 1.54) is 12.1 Å². The van der Waals surface area contributed by atoms with Gasteiger partial charge in [-0.15, -0.1) is 11.8 Å². The van der Waals surface area contributed by atoms with Crippen LogP contribution in [-0.2, 0) is 6.42 Å². The zero-order chi connectivity index (χ0) is 12.8. The molecule has 0 saturated carbocycles. The lowest BCUT2D eigenvalue weighted by molar-refractivity contribution is 0.548. The second-order valence-electron chi connectivity index (χ2n) is 3.97. The number of halogens is 1. The zero-order valence-electron chi connectivity index (χ0n) is 9.80. The second-order valence-corrected chi connectivity index (χ2v) is 5.06. The molecule has 0 saturated heterocycles. The summed E-state index contributed by atoms with van der Waals surface area (Å²) in [7, 11) is 0. The van der Waals surface area contributed by atoms with Crippen LogP contribution in [0.4, 0.5) is 4.39 Å². The Morgan fingerprint density at radius 2 is 2.28 bits per heavy atom. The van der Waals surface area contributed by atoms with E-state index < -0.39 is 0 Å². The van der Waals surface area contributed by atoms with Crippen LogP contribution in [0.15, 0.2) is 52.2 Å². The number of furan rings is 1. The minimum absolute atomic E-state index is 0.121. The smallest absolute Gasteiger partial charge is 0.124 e. The quantitative estimate of drug-likeness (QED) is 0.479. The average Bonchev–Trinajstić information content (AvgIpc) is 2.87. The van der Waals surface area contributed by atoms with Crippen LogP contribution < -0.4 is 11.3 Å². The molecule has 0 spiro atoms. The highest BCUT2D eigenvalue weighted by Crippen LogP contribution is 2.20. The van der Waals surface area contributed by atoms with Crippen molar-refractivity contribution in [3.8, 4) is 0 Å². The topological polar surface area (TPSA) is 51.2 Å². The number of benzene rings is 1. The number of rotatable bonds is 6. The highest BCUT2D eigenvalue weighted by atomic mass is 32.2. The van der Waals surface area contributed by atoms with E-state index in [1.54, 1.807) is 30.4 Å². The van der Waals surface area contributed by atoms with Gasteiger partial charge in [0.25, 0.3) is 0 Å². The summed E-state index contributed by atoms with van der Waals surface area (Å²) in [5.41, 5.74) is 3.86. The summed E-state index contributed by atoms with van der Waals surface area (Å²) in [6, 6.07) is 8.59. The standard InChI is InChI=1S/C13H15FN2OS/c14-11-2-1-3-13(7-11)18-9-12(16-15)6-10-4-5-17-8-10/h1-5,7-8,12,16H,6,9,15H2. The van der Waals surface area contributed by atoms with Gasteiger partial charge in [-0.3, -0.25) is 11.3 Å². The van der Waals surface area contributed by atoms with Crippen LogP contribution in [-0.4, -0.2) is 11.8 Å². The Balaban J connectivity index is 1.87. The lowest BCUT2D eigenvalue weighted by Crippen LogP contribution is -2.38. The number of hydrogen-bond acceptors (Lipinski definition) is 4. The highest BCUT2D eigenvalue weighted by Gasteiger charge is 2.09. The largest absolute Gasteiger partial charge is 0.472 e. The third-order valence-corrected chi connectivity index (χ3v) is 3.70. The minimum atomic E-state index is -0.216. The van der Waals surface area contributed by atoms with E-state index in [0.717, 1.165) is 22.6 Å². The first-order valence-electron chi connectivity index (χ1n) is 5.63. The van der Waals surface area contributed by atoms with Crippen LogP contribution in [0, 0.1) is 5.82 Å². The highest BCUT2D eigenvalue weighted by molar-refractivity contribution is 7.99. The van der Waals surface area contributed by atoms with Gasteiger partial charge in [0.1, 0.15) is 5.82 Å². The molecule has 0 bridgehead atoms. The van der Waals surface area contributed by atoms with Gasteiger partial charge in [-0.2, -0.15) is 0 Å². The van der Waals surface area contributed by atoms with Gasteiger partial charge in [0.2, 0.25) is 0 Å². The van der Waals surface area contributed by atoms with Gasteiger partial charge in [-0.1, -0.05) is 6.07 Å². The SMILES string of the molecule is NNC(CSc1cccc(F)c1)Cc1ccoc1. The van der Waals surface area contributed by atoms with Crippen molar-refractivity contribution in [3.05, 3.63) is 54.2 Å². The predicted octanol–water partition coefficient (Wildman–Crippen LogP) is 2.59. The normalized spacial score (nSPS) is 12.6. The van der Waals surface area contributed by atoms with Crippen LogP contribution in [0.25, 0.3) is 0 Å². The molecule has 3 N–H and O–H groups in total. The maximum Gasteiger partial charge on any atom is 0.124 e. The molecular formula is C13H15FN2OS. The fourth-order valence-electron chi connectivity index (χ4n) is 1.61. The molecule has 2 rings (SSSR count). The molecule has 1 atom stereocenters. The second kappa shape index (κ2) is 6.58. The summed E-state index contributed by atoms with van der Waals surface area (Å²) in [6.45, 7) is 0. The van der Waals surface area contributed by atoms with E-state index in [1.807, 2.05) is 12.1 Å². The molecule has 1 heterocycles. The van der Waals surface area contributed by atoms with E-state index >= 15 is 0 Å². The molecule has 0 aliphatic heterocycles. The molecule has 0 radical (unpaired) electrons. The van der Waals surface area contributed by atoms with Gasteiger partial charge >= 0.3 is 0 Å². The zero-order valence-corrected chi connectivity index (χ0v) is 10.6. The van der Waals surface area contributed by atoms with Gasteiger partial charge in [-0.05, 0) is 36.2 Å². The molecule has 3 nitrogen and oxygen atoms in total. The Hall–Kier alpha value is -1.30. The van der Waals surface area contributed by atoms with Gasteiger partial charge in [0, 0.05) is 16.7 Å². The fraction of sp³-hybridized carbons (Fsp3) is 0.231. The molecule has 1 aromatic heterocycles. The fourth-order valence-corrected chi connectivity index (χ4v) is 2.59. The molecule has 2 aromatic rings. The molecule has 5 heteroatoms. The Bertz CT molecular complexity index is 476. The third-order valence-electron chi connectivity index (χ3n) is 2.55. The number of thioether (sulfide) groups is 1. The van der Waals surface area contributed by atoms with Crippen molar-refractivity contribution in [2.24, 2.45) is 5.84 Å². The molecule has 1 unspecified atom stereocenters. The van der Waals surface area contributed by atoms with Crippen molar-refractivity contribution in [1.82, 2.24) is 5.43 Å². The number of nitrogens with two attached hydrogens (primary N) is 1. The monoisotopic (exact) mass is 266 g/mol. The molecule has 0 aliphatic carbocycles. The van der Waals surface area contributed by atoms with E-state index in [2.05, 4.69) is 5.43 Å². The van der Waals surface area contributed by atoms with Crippen molar-refractivity contribution in [1.29, 1.82) is 0 Å². The summed E-state index contributed by atoms with van der Waals surface area (Å²) in [5, 5.41) is 0. The summed E-state index contributed by atoms with van der Waals surface area (Å²) in [4.78, 5) is 0.905. The first-order chi connectivity index (χ1) is 8.78. The predicted molar refractivity (Wildman–Crippen MR) is 70.6 cm³/mol. The van der Waals surface area contributed by atoms with Crippen molar-refractivity contribution < 1.29 is 8.81 Å². The third kappa shape index (κ3) is 3.87. The number of nitrogens with one attached hydrogen (secondary N) is 1. The molecule has 1 aromatic carbocycles. The molecule has 18 heavy (non-hydrogen) atoms. The first-order valence-corrected chi connectivity index (χ1v) is 6.62. The number of hydrogen-bond donors (Lipinski definition) is 2. The van der Waals surface area contributed by atoms with Crippen molar-refractivity contribution in [2.45, 2.75) is 17.4 Å². The summed E-state index contributed by atoms with van der Waals surface area (Å²) in [6.07, 6.45) is 4.13. The van der Waals surface area contributed by atoms with Crippen LogP contribution in [0.1, 0.15) is 5.56 Å².